The summed E-state index contributed by atoms with van der Waals surface area (Å²) in [7, 11) is -0.353. The number of hydrogen-bond acceptors (Lipinski definition) is 8. The highest BCUT2D eigenvalue weighted by Gasteiger charge is 2.24. The Morgan fingerprint density at radius 2 is 1.72 bits per heavy atom. The lowest BCUT2D eigenvalue weighted by Crippen LogP contribution is -2.30. The van der Waals surface area contributed by atoms with Gasteiger partial charge < -0.3 is 9.47 Å². The van der Waals surface area contributed by atoms with E-state index >= 15 is 0 Å². The number of ether oxygens (including phenoxy) is 2. The molecule has 0 saturated heterocycles. The van der Waals surface area contributed by atoms with Crippen molar-refractivity contribution in [2.45, 2.75) is 31.2 Å². The zero-order chi connectivity index (χ0) is 25.7. The molecule has 0 bridgehead atoms. The molecule has 4 aromatic rings. The maximum atomic E-state index is 13.4. The van der Waals surface area contributed by atoms with Crippen molar-refractivity contribution in [3.05, 3.63) is 72.1 Å². The lowest BCUT2D eigenvalue weighted by atomic mass is 10.2. The predicted octanol–water partition coefficient (Wildman–Crippen LogP) is 4.80. The van der Waals surface area contributed by atoms with Crippen LogP contribution in [0.5, 0.6) is 11.5 Å². The Balaban J connectivity index is 1.59. The van der Waals surface area contributed by atoms with Crippen LogP contribution < -0.4 is 14.4 Å². The average Bonchev–Trinajstić information content (AvgIpc) is 3.32. The Hall–Kier alpha value is -3.50. The van der Waals surface area contributed by atoms with E-state index in [-0.39, 0.29) is 35.9 Å². The summed E-state index contributed by atoms with van der Waals surface area (Å²) in [5.74, 6) is 0.837. The van der Waals surface area contributed by atoms with Crippen LogP contribution in [-0.2, 0) is 21.2 Å². The lowest BCUT2D eigenvalue weighted by molar-refractivity contribution is -0.118. The van der Waals surface area contributed by atoms with E-state index in [0.29, 0.717) is 27.8 Å². The van der Waals surface area contributed by atoms with Crippen LogP contribution in [0, 0.1) is 6.92 Å². The van der Waals surface area contributed by atoms with Crippen LogP contribution in [0.25, 0.3) is 10.2 Å². The molecule has 2 aromatic heterocycles. The second-order valence-corrected chi connectivity index (χ2v) is 11.3. The van der Waals surface area contributed by atoms with Gasteiger partial charge >= 0.3 is 0 Å². The number of benzene rings is 2. The van der Waals surface area contributed by atoms with Crippen LogP contribution >= 0.6 is 11.3 Å². The quantitative estimate of drug-likeness (QED) is 0.293. The SMILES string of the molecule is COc1ccc(OC)c2sc(N(Cc3ccccn3)C(=O)CCCS(=O)(=O)c3ccc(C)cc3)nc12. The number of pyridine rings is 1. The normalized spacial score (nSPS) is 11.4. The number of aromatic nitrogens is 2. The smallest absolute Gasteiger partial charge is 0.229 e. The van der Waals surface area contributed by atoms with E-state index < -0.39 is 9.84 Å². The summed E-state index contributed by atoms with van der Waals surface area (Å²) in [5.41, 5.74) is 2.27. The van der Waals surface area contributed by atoms with E-state index in [1.807, 2.05) is 19.1 Å². The molecule has 8 nitrogen and oxygen atoms in total. The number of nitrogens with zero attached hydrogens (tertiary/aromatic N) is 3. The zero-order valence-electron chi connectivity index (χ0n) is 20.3. The molecule has 1 amide bonds. The molecule has 2 aromatic carbocycles. The highest BCUT2D eigenvalue weighted by atomic mass is 32.2. The van der Waals surface area contributed by atoms with Crippen LogP contribution in [0.1, 0.15) is 24.1 Å². The maximum absolute atomic E-state index is 13.4. The number of hydrogen-bond donors (Lipinski definition) is 0. The third kappa shape index (κ3) is 5.66. The fourth-order valence-electron chi connectivity index (χ4n) is 3.72. The van der Waals surface area contributed by atoms with E-state index in [2.05, 4.69) is 4.98 Å². The molecular weight excluding hydrogens is 498 g/mol. The zero-order valence-corrected chi connectivity index (χ0v) is 21.9. The summed E-state index contributed by atoms with van der Waals surface area (Å²) in [5, 5.41) is 0.463. The first-order valence-electron chi connectivity index (χ1n) is 11.3. The summed E-state index contributed by atoms with van der Waals surface area (Å²) in [6.45, 7) is 2.10. The summed E-state index contributed by atoms with van der Waals surface area (Å²) in [4.78, 5) is 24.3. The third-order valence-electron chi connectivity index (χ3n) is 5.66. The van der Waals surface area contributed by atoms with E-state index in [1.54, 1.807) is 67.8 Å². The third-order valence-corrected chi connectivity index (χ3v) is 8.57. The average molecular weight is 526 g/mol. The number of carbonyl (C=O) groups is 1. The van der Waals surface area contributed by atoms with Gasteiger partial charge in [-0.25, -0.2) is 13.4 Å². The molecule has 2 heterocycles. The number of amides is 1. The first-order valence-corrected chi connectivity index (χ1v) is 13.8. The van der Waals surface area contributed by atoms with Gasteiger partial charge in [-0.15, -0.1) is 0 Å². The molecule has 188 valence electrons. The molecule has 0 unspecified atom stereocenters. The van der Waals surface area contributed by atoms with Crippen LogP contribution in [0.2, 0.25) is 0 Å². The Morgan fingerprint density at radius 3 is 2.39 bits per heavy atom. The van der Waals surface area contributed by atoms with Crippen LogP contribution in [0.15, 0.2) is 65.7 Å². The van der Waals surface area contributed by atoms with Crippen LogP contribution in [0.4, 0.5) is 5.13 Å². The largest absolute Gasteiger partial charge is 0.495 e. The van der Waals surface area contributed by atoms with E-state index in [4.69, 9.17) is 14.5 Å². The Labute approximate surface area is 214 Å². The van der Waals surface area contributed by atoms with Gasteiger partial charge in [-0.1, -0.05) is 35.1 Å². The number of carbonyl (C=O) groups excluding carboxylic acids is 1. The lowest BCUT2D eigenvalue weighted by Gasteiger charge is -2.19. The Kier molecular flexibility index (Phi) is 7.85. The van der Waals surface area contributed by atoms with E-state index in [9.17, 15) is 13.2 Å². The molecule has 0 aliphatic carbocycles. The first kappa shape index (κ1) is 25.6. The number of thiazole rings is 1. The van der Waals surface area contributed by atoms with Crippen LogP contribution in [-0.4, -0.2) is 44.3 Å². The molecule has 0 atom stereocenters. The van der Waals surface area contributed by atoms with Crippen molar-refractivity contribution in [1.29, 1.82) is 0 Å². The molecule has 0 saturated carbocycles. The van der Waals surface area contributed by atoms with Crippen molar-refractivity contribution in [1.82, 2.24) is 9.97 Å². The molecule has 4 rings (SSSR count). The molecule has 0 aliphatic heterocycles. The Morgan fingerprint density at radius 1 is 1.00 bits per heavy atom. The molecule has 0 radical (unpaired) electrons. The van der Waals surface area contributed by atoms with Crippen molar-refractivity contribution >= 4 is 42.4 Å². The fraction of sp³-hybridized carbons (Fsp3) is 0.269. The minimum atomic E-state index is -3.49. The van der Waals surface area contributed by atoms with E-state index in [1.165, 1.54) is 11.3 Å². The highest BCUT2D eigenvalue weighted by molar-refractivity contribution is 7.91. The van der Waals surface area contributed by atoms with Gasteiger partial charge in [0.05, 0.1) is 37.1 Å². The molecule has 0 spiro atoms. The number of anilines is 1. The van der Waals surface area contributed by atoms with Crippen molar-refractivity contribution in [3.63, 3.8) is 0 Å². The molecular formula is C26H27N3O5S2. The van der Waals surface area contributed by atoms with Gasteiger partial charge in [-0.2, -0.15) is 0 Å². The van der Waals surface area contributed by atoms with Gasteiger partial charge in [-0.05, 0) is 49.7 Å². The van der Waals surface area contributed by atoms with Gasteiger partial charge in [0.25, 0.3) is 0 Å². The minimum Gasteiger partial charge on any atom is -0.495 e. The number of methoxy groups -OCH3 is 2. The molecule has 0 fully saturated rings. The number of fused-ring (bicyclic) bond motifs is 1. The minimum absolute atomic E-state index is 0.0438. The van der Waals surface area contributed by atoms with Gasteiger partial charge in [0.2, 0.25) is 5.91 Å². The van der Waals surface area contributed by atoms with Gasteiger partial charge in [-0.3, -0.25) is 14.7 Å². The molecule has 36 heavy (non-hydrogen) atoms. The molecule has 10 heteroatoms. The number of aryl methyl sites for hydroxylation is 1. The monoisotopic (exact) mass is 525 g/mol. The van der Waals surface area contributed by atoms with Crippen molar-refractivity contribution in [3.8, 4) is 11.5 Å². The second-order valence-electron chi connectivity index (χ2n) is 8.18. The topological polar surface area (TPSA) is 98.7 Å². The number of sulfone groups is 1. The maximum Gasteiger partial charge on any atom is 0.229 e. The fourth-order valence-corrected chi connectivity index (χ4v) is 6.12. The van der Waals surface area contributed by atoms with Crippen molar-refractivity contribution in [2.24, 2.45) is 0 Å². The molecule has 0 aliphatic rings. The summed E-state index contributed by atoms with van der Waals surface area (Å²) in [6, 6.07) is 15.8. The van der Waals surface area contributed by atoms with Crippen molar-refractivity contribution in [2.75, 3.05) is 24.9 Å². The standard InChI is InChI=1S/C26H27N3O5S2/c1-18-9-11-20(12-10-18)36(31,32)16-6-8-23(30)29(17-19-7-4-5-15-27-19)26-28-24-21(33-2)13-14-22(34-3)25(24)35-26/h4-5,7,9-15H,6,8,16-17H2,1-3H3. The van der Waals surface area contributed by atoms with Gasteiger partial charge in [0, 0.05) is 12.6 Å². The molecule has 0 N–H and O–H groups in total. The van der Waals surface area contributed by atoms with E-state index in [0.717, 1.165) is 10.3 Å². The summed E-state index contributed by atoms with van der Waals surface area (Å²) in [6.07, 6.45) is 1.89. The van der Waals surface area contributed by atoms with Crippen molar-refractivity contribution < 1.29 is 22.7 Å². The first-order chi connectivity index (χ1) is 17.3. The van der Waals surface area contributed by atoms with Crippen LogP contribution in [0.3, 0.4) is 0 Å². The number of rotatable bonds is 10. The second kappa shape index (κ2) is 11.0. The summed E-state index contributed by atoms with van der Waals surface area (Å²) < 4.78 is 37.2. The predicted molar refractivity (Wildman–Crippen MR) is 141 cm³/mol. The van der Waals surface area contributed by atoms with Gasteiger partial charge in [0.15, 0.2) is 15.0 Å². The highest BCUT2D eigenvalue weighted by Crippen LogP contribution is 2.40. The summed E-state index contributed by atoms with van der Waals surface area (Å²) >= 11 is 1.31. The van der Waals surface area contributed by atoms with Gasteiger partial charge in [0.1, 0.15) is 21.7 Å². The Bertz CT molecular complexity index is 1410.